The molecule has 206 valence electrons. The Morgan fingerprint density at radius 1 is 1.07 bits per heavy atom. The predicted octanol–water partition coefficient (Wildman–Crippen LogP) is 4.46. The van der Waals surface area contributed by atoms with Gasteiger partial charge in [-0.2, -0.15) is 9.97 Å². The summed E-state index contributed by atoms with van der Waals surface area (Å²) in [4.78, 5) is 40.8. The predicted molar refractivity (Wildman–Crippen MR) is 158 cm³/mol. The lowest BCUT2D eigenvalue weighted by molar-refractivity contribution is -0.111. The maximum atomic E-state index is 12.9. The van der Waals surface area contributed by atoms with E-state index in [2.05, 4.69) is 46.3 Å². The third kappa shape index (κ3) is 5.94. The van der Waals surface area contributed by atoms with Crippen LogP contribution in [-0.2, 0) is 4.79 Å². The molecule has 2 amide bonds. The molecule has 1 aliphatic rings. The van der Waals surface area contributed by atoms with Crippen molar-refractivity contribution in [2.24, 2.45) is 5.73 Å². The van der Waals surface area contributed by atoms with Gasteiger partial charge in [0.25, 0.3) is 5.91 Å². The van der Waals surface area contributed by atoms with Crippen LogP contribution in [0.3, 0.4) is 0 Å². The van der Waals surface area contributed by atoms with Crippen molar-refractivity contribution in [1.82, 2.24) is 19.5 Å². The minimum absolute atomic E-state index is 0.0851. The van der Waals surface area contributed by atoms with E-state index in [4.69, 9.17) is 15.7 Å². The number of aromatic nitrogens is 4. The number of carbonyl (C=O) groups excluding carboxylic acids is 2. The van der Waals surface area contributed by atoms with Gasteiger partial charge in [-0.25, -0.2) is 4.98 Å². The largest absolute Gasteiger partial charge is 0.339 e. The Kier molecular flexibility index (Phi) is 7.74. The summed E-state index contributed by atoms with van der Waals surface area (Å²) in [6.07, 6.45) is 4.95. The molecule has 2 aromatic heterocycles. The molecule has 3 heterocycles. The third-order valence-electron chi connectivity index (χ3n) is 6.69. The van der Waals surface area contributed by atoms with Crippen LogP contribution in [0.5, 0.6) is 0 Å². The topological polar surface area (TPSA) is 143 Å². The van der Waals surface area contributed by atoms with Crippen LogP contribution in [0.1, 0.15) is 43.1 Å². The van der Waals surface area contributed by atoms with Gasteiger partial charge in [-0.3, -0.25) is 9.59 Å². The average molecular weight is 540 g/mol. The minimum atomic E-state index is -0.315. The number of hydrogen-bond donors (Lipinski definition) is 4. The number of carbonyl (C=O) groups is 2. The smallest absolute Gasteiger partial charge is 0.255 e. The van der Waals surface area contributed by atoms with Gasteiger partial charge in [0.15, 0.2) is 17.0 Å². The molecule has 4 aromatic rings. The van der Waals surface area contributed by atoms with Crippen LogP contribution in [0.2, 0.25) is 0 Å². The molecule has 0 bridgehead atoms. The van der Waals surface area contributed by atoms with Crippen LogP contribution in [0.15, 0.2) is 67.5 Å². The number of fused-ring (bicyclic) bond motifs is 1. The first-order valence-electron chi connectivity index (χ1n) is 13.3. The second-order valence-corrected chi connectivity index (χ2v) is 10.1. The second kappa shape index (κ2) is 11.5. The summed E-state index contributed by atoms with van der Waals surface area (Å²) < 4.78 is 2.03. The van der Waals surface area contributed by atoms with Gasteiger partial charge in [0.05, 0.1) is 6.33 Å². The van der Waals surface area contributed by atoms with Crippen LogP contribution >= 0.6 is 0 Å². The van der Waals surface area contributed by atoms with Gasteiger partial charge < -0.3 is 31.2 Å². The number of anilines is 5. The number of nitrogens with zero attached hydrogens (tertiary/aromatic N) is 5. The Balaban J connectivity index is 1.38. The number of nitrogens with one attached hydrogen (secondary N) is 3. The van der Waals surface area contributed by atoms with Gasteiger partial charge in [-0.1, -0.05) is 12.6 Å². The van der Waals surface area contributed by atoms with E-state index in [1.807, 2.05) is 28.8 Å². The molecule has 1 saturated heterocycles. The number of amides is 2. The molecule has 5 N–H and O–H groups in total. The number of rotatable bonds is 8. The molecule has 0 aliphatic carbocycles. The minimum Gasteiger partial charge on any atom is -0.339 e. The van der Waals surface area contributed by atoms with Crippen molar-refractivity contribution < 1.29 is 9.59 Å². The van der Waals surface area contributed by atoms with E-state index in [0.29, 0.717) is 40.8 Å². The summed E-state index contributed by atoms with van der Waals surface area (Å²) in [5.41, 5.74) is 10.0. The van der Waals surface area contributed by atoms with Crippen LogP contribution < -0.4 is 26.6 Å². The van der Waals surface area contributed by atoms with Gasteiger partial charge in [0.2, 0.25) is 11.9 Å². The number of hydrogen-bond acceptors (Lipinski definition) is 8. The van der Waals surface area contributed by atoms with E-state index < -0.39 is 0 Å². The van der Waals surface area contributed by atoms with Crippen molar-refractivity contribution >= 4 is 51.8 Å². The zero-order valence-corrected chi connectivity index (χ0v) is 22.6. The maximum Gasteiger partial charge on any atom is 0.255 e. The van der Waals surface area contributed by atoms with Crippen molar-refractivity contribution in [3.8, 4) is 0 Å². The van der Waals surface area contributed by atoms with Gasteiger partial charge in [-0.15, -0.1) is 0 Å². The van der Waals surface area contributed by atoms with E-state index in [1.165, 1.54) is 6.08 Å². The Bertz CT molecular complexity index is 1550. The summed E-state index contributed by atoms with van der Waals surface area (Å²) in [6, 6.07) is 14.3. The first kappa shape index (κ1) is 26.8. The molecule has 40 heavy (non-hydrogen) atoms. The summed E-state index contributed by atoms with van der Waals surface area (Å²) in [6.45, 7) is 9.15. The fourth-order valence-corrected chi connectivity index (χ4v) is 4.62. The van der Waals surface area contributed by atoms with E-state index in [0.717, 1.165) is 30.7 Å². The van der Waals surface area contributed by atoms with Gasteiger partial charge in [0.1, 0.15) is 0 Å². The standard InChI is InChI=1S/C29H33N9O2/c1-4-24(39)32-21-12-10-19(11-13-21)28(40)34-23-9-5-8-22(15-23)33-26-25-27(38(17-31-25)18(2)3)36-29(35-26)37-14-6-7-20(30)16-37/h4-5,8-13,15,17-18,20H,1,6-7,14,16,30H2,2-3H3,(H,32,39)(H,34,40)(H,33,35,36). The zero-order valence-electron chi connectivity index (χ0n) is 22.6. The maximum absolute atomic E-state index is 12.9. The van der Waals surface area contributed by atoms with Crippen LogP contribution in [-0.4, -0.2) is 50.5 Å². The molecular formula is C29H33N9O2. The van der Waals surface area contributed by atoms with Crippen molar-refractivity contribution in [3.63, 3.8) is 0 Å². The molecule has 5 rings (SSSR count). The quantitative estimate of drug-likeness (QED) is 0.241. The Hall–Kier alpha value is -4.77. The monoisotopic (exact) mass is 539 g/mol. The summed E-state index contributed by atoms with van der Waals surface area (Å²) in [7, 11) is 0. The number of imidazole rings is 1. The van der Waals surface area contributed by atoms with Crippen LogP contribution in [0.4, 0.5) is 28.8 Å². The molecule has 0 saturated carbocycles. The number of piperidine rings is 1. The molecule has 11 nitrogen and oxygen atoms in total. The number of nitrogens with two attached hydrogens (primary N) is 1. The highest BCUT2D eigenvalue weighted by molar-refractivity contribution is 6.05. The van der Waals surface area contributed by atoms with Gasteiger partial charge in [-0.05, 0) is 75.2 Å². The highest BCUT2D eigenvalue weighted by Gasteiger charge is 2.22. The molecular weight excluding hydrogens is 506 g/mol. The van der Waals surface area contributed by atoms with E-state index in [9.17, 15) is 9.59 Å². The molecule has 1 atom stereocenters. The first-order chi connectivity index (χ1) is 19.3. The lowest BCUT2D eigenvalue weighted by Crippen LogP contribution is -2.43. The lowest BCUT2D eigenvalue weighted by atomic mass is 10.1. The second-order valence-electron chi connectivity index (χ2n) is 10.1. The highest BCUT2D eigenvalue weighted by atomic mass is 16.2. The number of benzene rings is 2. The fraction of sp³-hybridized carbons (Fsp3) is 0.276. The van der Waals surface area contributed by atoms with Crippen LogP contribution in [0.25, 0.3) is 11.2 Å². The Morgan fingerprint density at radius 2 is 1.85 bits per heavy atom. The Morgan fingerprint density at radius 3 is 2.58 bits per heavy atom. The Labute approximate surface area is 232 Å². The van der Waals surface area contributed by atoms with Gasteiger partial charge in [0, 0.05) is 47.8 Å². The summed E-state index contributed by atoms with van der Waals surface area (Å²) in [5, 5.41) is 8.97. The third-order valence-corrected chi connectivity index (χ3v) is 6.69. The molecule has 1 aliphatic heterocycles. The van der Waals surface area contributed by atoms with Gasteiger partial charge >= 0.3 is 0 Å². The molecule has 1 unspecified atom stereocenters. The van der Waals surface area contributed by atoms with Crippen molar-refractivity contribution in [1.29, 1.82) is 0 Å². The van der Waals surface area contributed by atoms with E-state index in [1.54, 1.807) is 30.6 Å². The van der Waals surface area contributed by atoms with Crippen molar-refractivity contribution in [3.05, 3.63) is 73.1 Å². The SMILES string of the molecule is C=CC(=O)Nc1ccc(C(=O)Nc2cccc(Nc3nc(N4CCCC(N)C4)nc4c3ncn4C(C)C)c2)cc1. The van der Waals surface area contributed by atoms with E-state index >= 15 is 0 Å². The first-order valence-corrected chi connectivity index (χ1v) is 13.3. The molecule has 1 fully saturated rings. The van der Waals surface area contributed by atoms with Crippen molar-refractivity contribution in [2.75, 3.05) is 33.9 Å². The molecule has 0 radical (unpaired) electrons. The highest BCUT2D eigenvalue weighted by Crippen LogP contribution is 2.29. The average Bonchev–Trinajstić information content (AvgIpc) is 3.38. The zero-order chi connectivity index (χ0) is 28.2. The van der Waals surface area contributed by atoms with Crippen molar-refractivity contribution in [2.45, 2.75) is 38.8 Å². The lowest BCUT2D eigenvalue weighted by Gasteiger charge is -2.31. The molecule has 0 spiro atoms. The van der Waals surface area contributed by atoms with E-state index in [-0.39, 0.29) is 23.9 Å². The summed E-state index contributed by atoms with van der Waals surface area (Å²) in [5.74, 6) is 0.608. The fourth-order valence-electron chi connectivity index (χ4n) is 4.62. The van der Waals surface area contributed by atoms with Crippen LogP contribution in [0, 0.1) is 0 Å². The summed E-state index contributed by atoms with van der Waals surface area (Å²) >= 11 is 0. The normalized spacial score (nSPS) is 15.2. The molecule has 11 heteroatoms. The molecule has 2 aromatic carbocycles.